The lowest BCUT2D eigenvalue weighted by atomic mass is 10.2. The molecule has 1 unspecified atom stereocenters. The summed E-state index contributed by atoms with van der Waals surface area (Å²) in [7, 11) is 0. The summed E-state index contributed by atoms with van der Waals surface area (Å²) >= 11 is 5.81. The summed E-state index contributed by atoms with van der Waals surface area (Å²) in [6.45, 7) is 1.76. The molecule has 2 rings (SSSR count). The maximum absolute atomic E-state index is 11.9. The molecule has 6 heteroatoms. The number of nitrogens with one attached hydrogen (secondary N) is 2. The molecule has 1 atom stereocenters. The summed E-state index contributed by atoms with van der Waals surface area (Å²) in [5, 5.41) is 7.62. The van der Waals surface area contributed by atoms with Gasteiger partial charge in [-0.15, -0.1) is 0 Å². The number of carbonyl (C=O) groups excluding carboxylic acids is 1. The number of anilines is 1. The number of aromatic nitrogens is 1. The van der Waals surface area contributed by atoms with E-state index in [0.29, 0.717) is 5.02 Å². The monoisotopic (exact) mass is 302 g/mol. The Labute approximate surface area is 128 Å². The molecule has 1 aromatic heterocycles. The summed E-state index contributed by atoms with van der Waals surface area (Å²) in [5.41, 5.74) is 4.17. The van der Waals surface area contributed by atoms with Crippen molar-refractivity contribution in [3.63, 3.8) is 0 Å². The average molecular weight is 303 g/mol. The second-order valence-corrected chi connectivity index (χ2v) is 4.82. The molecule has 108 valence electrons. The van der Waals surface area contributed by atoms with Gasteiger partial charge in [0.25, 0.3) is 5.91 Å². The van der Waals surface area contributed by atoms with E-state index in [-0.39, 0.29) is 5.91 Å². The molecule has 1 heterocycles. The highest BCUT2D eigenvalue weighted by Crippen LogP contribution is 2.14. The normalized spacial score (nSPS) is 12.1. The lowest BCUT2D eigenvalue weighted by Crippen LogP contribution is -2.34. The fourth-order valence-corrected chi connectivity index (χ4v) is 1.70. The summed E-state index contributed by atoms with van der Waals surface area (Å²) in [4.78, 5) is 15.8. The molecule has 2 aromatic rings. The summed E-state index contributed by atoms with van der Waals surface area (Å²) in [6, 6.07) is 10.3. The van der Waals surface area contributed by atoms with Crippen LogP contribution in [-0.4, -0.2) is 23.1 Å². The smallest absolute Gasteiger partial charge is 0.262 e. The highest BCUT2D eigenvalue weighted by atomic mass is 35.5. The van der Waals surface area contributed by atoms with Crippen LogP contribution in [0, 0.1) is 0 Å². The molecule has 0 aliphatic rings. The Morgan fingerprint density at radius 1 is 1.24 bits per heavy atom. The van der Waals surface area contributed by atoms with Gasteiger partial charge in [-0.1, -0.05) is 11.6 Å². The Morgan fingerprint density at radius 2 is 1.90 bits per heavy atom. The van der Waals surface area contributed by atoms with E-state index in [1.165, 1.54) is 0 Å². The third-order valence-electron chi connectivity index (χ3n) is 2.72. The maximum atomic E-state index is 11.9. The van der Waals surface area contributed by atoms with Gasteiger partial charge in [-0.3, -0.25) is 9.78 Å². The van der Waals surface area contributed by atoms with Gasteiger partial charge in [0.2, 0.25) is 0 Å². The van der Waals surface area contributed by atoms with E-state index < -0.39 is 6.04 Å². The predicted octanol–water partition coefficient (Wildman–Crippen LogP) is 2.69. The van der Waals surface area contributed by atoms with Crippen molar-refractivity contribution in [2.45, 2.75) is 13.0 Å². The number of hydrogen-bond acceptors (Lipinski definition) is 4. The van der Waals surface area contributed by atoms with Gasteiger partial charge < -0.3 is 5.32 Å². The zero-order valence-electron chi connectivity index (χ0n) is 11.5. The van der Waals surface area contributed by atoms with E-state index in [9.17, 15) is 4.79 Å². The Balaban J connectivity index is 1.85. The highest BCUT2D eigenvalue weighted by molar-refractivity contribution is 6.30. The quantitative estimate of drug-likeness (QED) is 0.659. The van der Waals surface area contributed by atoms with Crippen LogP contribution in [0.5, 0.6) is 0 Å². The van der Waals surface area contributed by atoms with Crippen molar-refractivity contribution < 1.29 is 4.79 Å². The molecule has 0 saturated heterocycles. The van der Waals surface area contributed by atoms with Crippen molar-refractivity contribution in [1.82, 2.24) is 10.4 Å². The first-order valence-electron chi connectivity index (χ1n) is 6.40. The molecule has 0 aliphatic heterocycles. The van der Waals surface area contributed by atoms with Crippen LogP contribution in [0.3, 0.4) is 0 Å². The average Bonchev–Trinajstić information content (AvgIpc) is 2.50. The lowest BCUT2D eigenvalue weighted by molar-refractivity contribution is -0.121. The second-order valence-electron chi connectivity index (χ2n) is 4.39. The van der Waals surface area contributed by atoms with Gasteiger partial charge in [-0.25, -0.2) is 5.43 Å². The van der Waals surface area contributed by atoms with Gasteiger partial charge in [0.1, 0.15) is 6.04 Å². The van der Waals surface area contributed by atoms with Crippen molar-refractivity contribution in [3.8, 4) is 0 Å². The van der Waals surface area contributed by atoms with E-state index in [2.05, 4.69) is 20.8 Å². The number of hydrogen-bond donors (Lipinski definition) is 2. The molecule has 1 aromatic carbocycles. The zero-order valence-corrected chi connectivity index (χ0v) is 12.2. The number of amides is 1. The van der Waals surface area contributed by atoms with E-state index in [4.69, 9.17) is 11.6 Å². The standard InChI is InChI=1S/C15H15ClN4O/c1-11(19-14-4-2-13(16)3-5-14)15(21)20-18-10-12-6-8-17-9-7-12/h2-11,19H,1H3,(H,20,21). The number of carbonyl (C=O) groups is 1. The van der Waals surface area contributed by atoms with E-state index in [1.54, 1.807) is 49.8 Å². The number of halogens is 1. The van der Waals surface area contributed by atoms with Crippen molar-refractivity contribution >= 4 is 29.4 Å². The largest absolute Gasteiger partial charge is 0.374 e. The second kappa shape index (κ2) is 7.40. The van der Waals surface area contributed by atoms with Gasteiger partial charge in [0.15, 0.2) is 0 Å². The zero-order chi connectivity index (χ0) is 15.1. The number of hydrazone groups is 1. The van der Waals surface area contributed by atoms with E-state index in [0.717, 1.165) is 11.3 Å². The Bertz CT molecular complexity index is 613. The molecule has 0 fully saturated rings. The van der Waals surface area contributed by atoms with Crippen LogP contribution in [0.25, 0.3) is 0 Å². The molecule has 0 spiro atoms. The molecule has 2 N–H and O–H groups in total. The number of benzene rings is 1. The van der Waals surface area contributed by atoms with Crippen LogP contribution in [-0.2, 0) is 4.79 Å². The first-order chi connectivity index (χ1) is 10.1. The fraction of sp³-hybridized carbons (Fsp3) is 0.133. The van der Waals surface area contributed by atoms with Crippen LogP contribution in [0.15, 0.2) is 53.9 Å². The first-order valence-corrected chi connectivity index (χ1v) is 6.78. The van der Waals surface area contributed by atoms with Crippen molar-refractivity contribution in [1.29, 1.82) is 0 Å². The van der Waals surface area contributed by atoms with Crippen LogP contribution < -0.4 is 10.7 Å². The summed E-state index contributed by atoms with van der Waals surface area (Å²) in [5.74, 6) is -0.227. The minimum Gasteiger partial charge on any atom is -0.374 e. The molecule has 0 bridgehead atoms. The minimum absolute atomic E-state index is 0.227. The third-order valence-corrected chi connectivity index (χ3v) is 2.97. The molecule has 0 saturated carbocycles. The van der Waals surface area contributed by atoms with Gasteiger partial charge in [0, 0.05) is 23.1 Å². The van der Waals surface area contributed by atoms with Crippen LogP contribution >= 0.6 is 11.6 Å². The number of rotatable bonds is 5. The van der Waals surface area contributed by atoms with Crippen LogP contribution in [0.1, 0.15) is 12.5 Å². The molecular formula is C15H15ClN4O. The maximum Gasteiger partial charge on any atom is 0.262 e. The molecule has 21 heavy (non-hydrogen) atoms. The van der Waals surface area contributed by atoms with Crippen LogP contribution in [0.4, 0.5) is 5.69 Å². The molecule has 0 radical (unpaired) electrons. The molecule has 1 amide bonds. The van der Waals surface area contributed by atoms with Crippen molar-refractivity contribution in [2.75, 3.05) is 5.32 Å². The molecule has 5 nitrogen and oxygen atoms in total. The highest BCUT2D eigenvalue weighted by Gasteiger charge is 2.11. The minimum atomic E-state index is -0.416. The van der Waals surface area contributed by atoms with Gasteiger partial charge in [0.05, 0.1) is 6.21 Å². The Kier molecular flexibility index (Phi) is 5.29. The SMILES string of the molecule is CC(Nc1ccc(Cl)cc1)C(=O)NN=Cc1ccncc1. The first kappa shape index (κ1) is 15.0. The fourth-order valence-electron chi connectivity index (χ4n) is 1.58. The summed E-state index contributed by atoms with van der Waals surface area (Å²) in [6.07, 6.45) is 4.89. The van der Waals surface area contributed by atoms with Gasteiger partial charge >= 0.3 is 0 Å². The summed E-state index contributed by atoms with van der Waals surface area (Å²) < 4.78 is 0. The molecule has 0 aliphatic carbocycles. The number of nitrogens with zero attached hydrogens (tertiary/aromatic N) is 2. The predicted molar refractivity (Wildman–Crippen MR) is 84.5 cm³/mol. The van der Waals surface area contributed by atoms with Crippen molar-refractivity contribution in [2.24, 2.45) is 5.10 Å². The van der Waals surface area contributed by atoms with Gasteiger partial charge in [-0.2, -0.15) is 5.10 Å². The lowest BCUT2D eigenvalue weighted by Gasteiger charge is -2.13. The number of pyridine rings is 1. The van der Waals surface area contributed by atoms with Crippen molar-refractivity contribution in [3.05, 3.63) is 59.4 Å². The molecular weight excluding hydrogens is 288 g/mol. The Morgan fingerprint density at radius 3 is 2.57 bits per heavy atom. The van der Waals surface area contributed by atoms with E-state index in [1.807, 2.05) is 12.1 Å². The van der Waals surface area contributed by atoms with Crippen LogP contribution in [0.2, 0.25) is 5.02 Å². The Hall–Kier alpha value is -2.40. The van der Waals surface area contributed by atoms with E-state index >= 15 is 0 Å². The third kappa shape index (κ3) is 4.89. The topological polar surface area (TPSA) is 66.4 Å². The van der Waals surface area contributed by atoms with Gasteiger partial charge in [-0.05, 0) is 48.9 Å².